The molecule has 0 aliphatic rings. The summed E-state index contributed by atoms with van der Waals surface area (Å²) in [6.45, 7) is 5.25. The molecule has 74 valence electrons. The SMILES string of the molecule is CCC(N)CCc1nccn1CC. The van der Waals surface area contributed by atoms with E-state index in [4.69, 9.17) is 5.73 Å². The van der Waals surface area contributed by atoms with E-state index in [-0.39, 0.29) is 0 Å². The van der Waals surface area contributed by atoms with Crippen molar-refractivity contribution < 1.29 is 0 Å². The molecule has 1 aromatic rings. The van der Waals surface area contributed by atoms with Crippen LogP contribution in [0.4, 0.5) is 0 Å². The average molecular weight is 181 g/mol. The van der Waals surface area contributed by atoms with Crippen LogP contribution in [0, 0.1) is 0 Å². The molecule has 0 aromatic carbocycles. The quantitative estimate of drug-likeness (QED) is 0.749. The fraction of sp³-hybridized carbons (Fsp3) is 0.700. The summed E-state index contributed by atoms with van der Waals surface area (Å²) >= 11 is 0. The molecule has 13 heavy (non-hydrogen) atoms. The summed E-state index contributed by atoms with van der Waals surface area (Å²) in [6.07, 6.45) is 6.96. The van der Waals surface area contributed by atoms with Crippen molar-refractivity contribution in [3.05, 3.63) is 18.2 Å². The molecule has 0 spiro atoms. The Morgan fingerprint density at radius 2 is 2.31 bits per heavy atom. The van der Waals surface area contributed by atoms with Crippen molar-refractivity contribution in [2.45, 2.75) is 45.7 Å². The summed E-state index contributed by atoms with van der Waals surface area (Å²) in [4.78, 5) is 4.30. The first-order valence-electron chi connectivity index (χ1n) is 5.03. The minimum atomic E-state index is 0.321. The molecule has 0 saturated heterocycles. The van der Waals surface area contributed by atoms with Gasteiger partial charge in [-0.3, -0.25) is 0 Å². The highest BCUT2D eigenvalue weighted by Gasteiger charge is 2.04. The van der Waals surface area contributed by atoms with Gasteiger partial charge in [0.2, 0.25) is 0 Å². The third kappa shape index (κ3) is 2.84. The minimum absolute atomic E-state index is 0.321. The summed E-state index contributed by atoms with van der Waals surface area (Å²) < 4.78 is 2.17. The van der Waals surface area contributed by atoms with Gasteiger partial charge < -0.3 is 10.3 Å². The van der Waals surface area contributed by atoms with Gasteiger partial charge in [0.05, 0.1) is 0 Å². The van der Waals surface area contributed by atoms with Gasteiger partial charge in [0, 0.05) is 31.4 Å². The smallest absolute Gasteiger partial charge is 0.108 e. The van der Waals surface area contributed by atoms with Gasteiger partial charge in [0.1, 0.15) is 5.82 Å². The topological polar surface area (TPSA) is 43.8 Å². The lowest BCUT2D eigenvalue weighted by atomic mass is 10.1. The maximum absolute atomic E-state index is 5.84. The first kappa shape index (κ1) is 10.3. The molecule has 0 bridgehead atoms. The van der Waals surface area contributed by atoms with Crippen LogP contribution in [-0.4, -0.2) is 15.6 Å². The minimum Gasteiger partial charge on any atom is -0.335 e. The van der Waals surface area contributed by atoms with Crippen LogP contribution in [0.5, 0.6) is 0 Å². The molecule has 1 atom stereocenters. The maximum Gasteiger partial charge on any atom is 0.108 e. The van der Waals surface area contributed by atoms with Crippen molar-refractivity contribution in [3.8, 4) is 0 Å². The summed E-state index contributed by atoms with van der Waals surface area (Å²) in [7, 11) is 0. The lowest BCUT2D eigenvalue weighted by molar-refractivity contribution is 0.569. The summed E-state index contributed by atoms with van der Waals surface area (Å²) in [5.74, 6) is 1.16. The van der Waals surface area contributed by atoms with Crippen molar-refractivity contribution in [1.82, 2.24) is 9.55 Å². The number of aromatic nitrogens is 2. The molecular formula is C10H19N3. The van der Waals surface area contributed by atoms with Crippen molar-refractivity contribution in [2.75, 3.05) is 0 Å². The Labute approximate surface area is 80.0 Å². The van der Waals surface area contributed by atoms with Crippen LogP contribution in [0.15, 0.2) is 12.4 Å². The zero-order valence-electron chi connectivity index (χ0n) is 8.53. The van der Waals surface area contributed by atoms with Crippen molar-refractivity contribution >= 4 is 0 Å². The van der Waals surface area contributed by atoms with Crippen LogP contribution >= 0.6 is 0 Å². The molecule has 3 nitrogen and oxygen atoms in total. The molecule has 1 aromatic heterocycles. The van der Waals surface area contributed by atoms with Gasteiger partial charge in [-0.2, -0.15) is 0 Å². The molecule has 1 rings (SSSR count). The van der Waals surface area contributed by atoms with Gasteiger partial charge in [0.25, 0.3) is 0 Å². The highest BCUT2D eigenvalue weighted by atomic mass is 15.0. The summed E-state index contributed by atoms with van der Waals surface area (Å²) in [5, 5.41) is 0. The Morgan fingerprint density at radius 3 is 2.92 bits per heavy atom. The molecule has 0 amide bonds. The number of nitrogens with zero attached hydrogens (tertiary/aromatic N) is 2. The van der Waals surface area contributed by atoms with Crippen LogP contribution < -0.4 is 5.73 Å². The molecular weight excluding hydrogens is 162 g/mol. The lowest BCUT2D eigenvalue weighted by Gasteiger charge is -2.08. The van der Waals surface area contributed by atoms with Gasteiger partial charge >= 0.3 is 0 Å². The molecule has 0 aliphatic carbocycles. The van der Waals surface area contributed by atoms with E-state index in [2.05, 4.69) is 23.4 Å². The molecule has 1 heterocycles. The zero-order chi connectivity index (χ0) is 9.68. The summed E-state index contributed by atoms with van der Waals surface area (Å²) in [6, 6.07) is 0.321. The normalized spacial score (nSPS) is 13.2. The van der Waals surface area contributed by atoms with Crippen molar-refractivity contribution in [3.63, 3.8) is 0 Å². The van der Waals surface area contributed by atoms with Crippen LogP contribution in [0.1, 0.15) is 32.5 Å². The predicted octanol–water partition coefficient (Wildman–Crippen LogP) is 1.57. The standard InChI is InChI=1S/C10H19N3/c1-3-9(11)5-6-10-12-7-8-13(10)4-2/h7-9H,3-6,11H2,1-2H3. The first-order chi connectivity index (χ1) is 6.27. The highest BCUT2D eigenvalue weighted by molar-refractivity contribution is 4.92. The molecule has 0 fully saturated rings. The van der Waals surface area contributed by atoms with Gasteiger partial charge in [-0.05, 0) is 19.8 Å². The fourth-order valence-corrected chi connectivity index (χ4v) is 1.37. The molecule has 1 unspecified atom stereocenters. The van der Waals surface area contributed by atoms with Crippen LogP contribution in [0.25, 0.3) is 0 Å². The number of imidazole rings is 1. The largest absolute Gasteiger partial charge is 0.335 e. The highest BCUT2D eigenvalue weighted by Crippen LogP contribution is 2.04. The molecule has 2 N–H and O–H groups in total. The molecule has 0 radical (unpaired) electrons. The Hall–Kier alpha value is -0.830. The number of rotatable bonds is 5. The monoisotopic (exact) mass is 181 g/mol. The van der Waals surface area contributed by atoms with E-state index in [0.717, 1.165) is 31.6 Å². The Morgan fingerprint density at radius 1 is 1.54 bits per heavy atom. The van der Waals surface area contributed by atoms with E-state index in [1.807, 2.05) is 12.4 Å². The third-order valence-corrected chi connectivity index (χ3v) is 2.41. The molecule has 3 heteroatoms. The van der Waals surface area contributed by atoms with Gasteiger partial charge in [-0.25, -0.2) is 4.98 Å². The average Bonchev–Trinajstić information content (AvgIpc) is 2.61. The van der Waals surface area contributed by atoms with Crippen LogP contribution in [0.3, 0.4) is 0 Å². The second-order valence-corrected chi connectivity index (χ2v) is 3.34. The number of hydrogen-bond acceptors (Lipinski definition) is 2. The van der Waals surface area contributed by atoms with E-state index in [9.17, 15) is 0 Å². The number of nitrogens with two attached hydrogens (primary N) is 1. The Bertz CT molecular complexity index is 242. The number of hydrogen-bond donors (Lipinski definition) is 1. The second kappa shape index (κ2) is 5.02. The summed E-state index contributed by atoms with van der Waals surface area (Å²) in [5.41, 5.74) is 5.84. The first-order valence-corrected chi connectivity index (χ1v) is 5.03. The zero-order valence-corrected chi connectivity index (χ0v) is 8.53. The van der Waals surface area contributed by atoms with Gasteiger partial charge in [-0.15, -0.1) is 0 Å². The lowest BCUT2D eigenvalue weighted by Crippen LogP contribution is -2.20. The number of aryl methyl sites for hydroxylation is 2. The van der Waals surface area contributed by atoms with Crippen LogP contribution in [0.2, 0.25) is 0 Å². The molecule has 0 aliphatic heterocycles. The second-order valence-electron chi connectivity index (χ2n) is 3.34. The van der Waals surface area contributed by atoms with E-state index in [1.165, 1.54) is 0 Å². The Balaban J connectivity index is 2.44. The Kier molecular flexibility index (Phi) is 3.96. The van der Waals surface area contributed by atoms with Crippen LogP contribution in [-0.2, 0) is 13.0 Å². The fourth-order valence-electron chi connectivity index (χ4n) is 1.37. The van der Waals surface area contributed by atoms with Crippen molar-refractivity contribution in [1.29, 1.82) is 0 Å². The van der Waals surface area contributed by atoms with E-state index >= 15 is 0 Å². The van der Waals surface area contributed by atoms with Crippen molar-refractivity contribution in [2.24, 2.45) is 5.73 Å². The van der Waals surface area contributed by atoms with E-state index < -0.39 is 0 Å². The maximum atomic E-state index is 5.84. The van der Waals surface area contributed by atoms with Gasteiger partial charge in [-0.1, -0.05) is 6.92 Å². The van der Waals surface area contributed by atoms with E-state index in [1.54, 1.807) is 0 Å². The van der Waals surface area contributed by atoms with E-state index in [0.29, 0.717) is 6.04 Å². The predicted molar refractivity (Wildman–Crippen MR) is 54.5 cm³/mol. The molecule has 0 saturated carbocycles. The third-order valence-electron chi connectivity index (χ3n) is 2.41. The van der Waals surface area contributed by atoms with Gasteiger partial charge in [0.15, 0.2) is 0 Å².